The van der Waals surface area contributed by atoms with E-state index in [0.29, 0.717) is 15.6 Å². The van der Waals surface area contributed by atoms with Crippen molar-refractivity contribution in [3.8, 4) is 0 Å². The Morgan fingerprint density at radius 3 is 2.37 bits per heavy atom. The molecule has 1 aromatic carbocycles. The molecular formula is C13H16Cl2FNO2. The van der Waals surface area contributed by atoms with Crippen molar-refractivity contribution >= 4 is 29.1 Å². The average molecular weight is 308 g/mol. The summed E-state index contributed by atoms with van der Waals surface area (Å²) in [4.78, 5) is 13.6. The Kier molecular flexibility index (Phi) is 5.18. The quantitative estimate of drug-likeness (QED) is 0.862. The van der Waals surface area contributed by atoms with Crippen LogP contribution in [-0.2, 0) is 0 Å². The van der Waals surface area contributed by atoms with Gasteiger partial charge in [-0.05, 0) is 18.2 Å². The molecule has 0 bridgehead atoms. The van der Waals surface area contributed by atoms with Crippen LogP contribution in [0.1, 0.15) is 30.6 Å². The van der Waals surface area contributed by atoms with E-state index in [4.69, 9.17) is 23.2 Å². The molecule has 1 aliphatic rings. The standard InChI is InChI=1S/C12H12Cl2FNO2.CH4/c13-9-2-1-8(7-10(9)14)11(17)16-5-3-12(15,18)4-6-16;/h1-2,7,18H,3-6H2;1H4. The van der Waals surface area contributed by atoms with Crippen LogP contribution in [-0.4, -0.2) is 34.9 Å². The molecule has 1 aliphatic heterocycles. The molecule has 6 heteroatoms. The van der Waals surface area contributed by atoms with E-state index in [-0.39, 0.29) is 39.3 Å². The van der Waals surface area contributed by atoms with Crippen molar-refractivity contribution in [2.75, 3.05) is 13.1 Å². The maximum absolute atomic E-state index is 13.2. The number of carbonyl (C=O) groups is 1. The van der Waals surface area contributed by atoms with Crippen molar-refractivity contribution in [1.29, 1.82) is 0 Å². The summed E-state index contributed by atoms with van der Waals surface area (Å²) >= 11 is 11.6. The number of amides is 1. The highest BCUT2D eigenvalue weighted by Gasteiger charge is 2.33. The first-order chi connectivity index (χ1) is 8.39. The third-order valence-electron chi connectivity index (χ3n) is 2.98. The number of likely N-dealkylation sites (tertiary alicyclic amines) is 1. The lowest BCUT2D eigenvalue weighted by Crippen LogP contribution is -2.44. The molecule has 0 radical (unpaired) electrons. The summed E-state index contributed by atoms with van der Waals surface area (Å²) in [5.74, 6) is -2.39. The van der Waals surface area contributed by atoms with Gasteiger partial charge in [-0.3, -0.25) is 4.79 Å². The third kappa shape index (κ3) is 3.81. The normalized spacial score (nSPS) is 17.8. The topological polar surface area (TPSA) is 40.5 Å². The third-order valence-corrected chi connectivity index (χ3v) is 3.72. The first-order valence-corrected chi connectivity index (χ1v) is 6.30. The number of alkyl halides is 1. The van der Waals surface area contributed by atoms with Crippen LogP contribution in [0.2, 0.25) is 10.0 Å². The Morgan fingerprint density at radius 2 is 1.84 bits per heavy atom. The van der Waals surface area contributed by atoms with Gasteiger partial charge in [0.25, 0.3) is 5.91 Å². The SMILES string of the molecule is C.O=C(c1ccc(Cl)c(Cl)c1)N1CCC(O)(F)CC1. The molecule has 0 spiro atoms. The maximum Gasteiger partial charge on any atom is 0.253 e. The number of rotatable bonds is 1. The van der Waals surface area contributed by atoms with Crippen LogP contribution < -0.4 is 0 Å². The summed E-state index contributed by atoms with van der Waals surface area (Å²) in [7, 11) is 0. The molecule has 0 aromatic heterocycles. The molecule has 0 unspecified atom stereocenters. The van der Waals surface area contributed by atoms with Crippen LogP contribution in [0.5, 0.6) is 0 Å². The van der Waals surface area contributed by atoms with Gasteiger partial charge in [-0.1, -0.05) is 30.6 Å². The highest BCUT2D eigenvalue weighted by molar-refractivity contribution is 6.42. The smallest absolute Gasteiger partial charge is 0.253 e. The van der Waals surface area contributed by atoms with E-state index in [9.17, 15) is 14.3 Å². The molecule has 0 aliphatic carbocycles. The largest absolute Gasteiger partial charge is 0.362 e. The number of aliphatic hydroxyl groups is 1. The second kappa shape index (κ2) is 6.07. The summed E-state index contributed by atoms with van der Waals surface area (Å²) < 4.78 is 13.2. The van der Waals surface area contributed by atoms with Crippen molar-refractivity contribution < 1.29 is 14.3 Å². The predicted octanol–water partition coefficient (Wildman–Crippen LogP) is 3.52. The molecule has 2 rings (SSSR count). The Bertz CT molecular complexity index is 470. The first-order valence-electron chi connectivity index (χ1n) is 5.55. The van der Waals surface area contributed by atoms with E-state index >= 15 is 0 Å². The minimum atomic E-state index is -2.16. The van der Waals surface area contributed by atoms with Crippen LogP contribution >= 0.6 is 23.2 Å². The summed E-state index contributed by atoms with van der Waals surface area (Å²) in [5, 5.41) is 9.87. The van der Waals surface area contributed by atoms with Gasteiger partial charge >= 0.3 is 0 Å². The second-order valence-corrected chi connectivity index (χ2v) is 5.15. The monoisotopic (exact) mass is 307 g/mol. The molecule has 1 N–H and O–H groups in total. The van der Waals surface area contributed by atoms with Crippen molar-refractivity contribution in [3.05, 3.63) is 33.8 Å². The Morgan fingerprint density at radius 1 is 1.26 bits per heavy atom. The van der Waals surface area contributed by atoms with Gasteiger partial charge in [-0.25, -0.2) is 4.39 Å². The fourth-order valence-electron chi connectivity index (χ4n) is 1.86. The molecule has 1 aromatic rings. The summed E-state index contributed by atoms with van der Waals surface area (Å²) in [5.41, 5.74) is 0.411. The number of hydrogen-bond acceptors (Lipinski definition) is 2. The fourth-order valence-corrected chi connectivity index (χ4v) is 2.16. The number of nitrogens with zero attached hydrogens (tertiary/aromatic N) is 1. The van der Waals surface area contributed by atoms with Gasteiger partial charge < -0.3 is 10.0 Å². The lowest BCUT2D eigenvalue weighted by atomic mass is 10.0. The predicted molar refractivity (Wildman–Crippen MR) is 74.4 cm³/mol. The number of carbonyl (C=O) groups excluding carboxylic acids is 1. The minimum absolute atomic E-state index is 0. The number of halogens is 3. The van der Waals surface area contributed by atoms with Gasteiger partial charge in [0.15, 0.2) is 0 Å². The zero-order valence-electron chi connectivity index (χ0n) is 9.50. The number of hydrogen-bond donors (Lipinski definition) is 1. The fraction of sp³-hybridized carbons (Fsp3) is 0.462. The van der Waals surface area contributed by atoms with Gasteiger partial charge in [0.1, 0.15) is 0 Å². The molecular weight excluding hydrogens is 292 g/mol. The van der Waals surface area contributed by atoms with Crippen LogP contribution in [0.15, 0.2) is 18.2 Å². The van der Waals surface area contributed by atoms with Crippen molar-refractivity contribution in [3.63, 3.8) is 0 Å². The lowest BCUT2D eigenvalue weighted by Gasteiger charge is -2.33. The van der Waals surface area contributed by atoms with Gasteiger partial charge in [-0.2, -0.15) is 0 Å². The number of benzene rings is 1. The van der Waals surface area contributed by atoms with E-state index in [1.165, 1.54) is 11.0 Å². The van der Waals surface area contributed by atoms with E-state index in [2.05, 4.69) is 0 Å². The van der Waals surface area contributed by atoms with Crippen LogP contribution in [0, 0.1) is 0 Å². The van der Waals surface area contributed by atoms with E-state index < -0.39 is 5.85 Å². The van der Waals surface area contributed by atoms with Gasteiger partial charge in [0.2, 0.25) is 5.85 Å². The van der Waals surface area contributed by atoms with Crippen molar-refractivity contribution in [1.82, 2.24) is 4.90 Å². The molecule has 1 saturated heterocycles. The van der Waals surface area contributed by atoms with Crippen molar-refractivity contribution in [2.24, 2.45) is 0 Å². The molecule has 106 valence electrons. The summed E-state index contributed by atoms with van der Waals surface area (Å²) in [6.45, 7) is 0.373. The highest BCUT2D eigenvalue weighted by atomic mass is 35.5. The number of piperidine rings is 1. The van der Waals surface area contributed by atoms with Crippen LogP contribution in [0.25, 0.3) is 0 Å². The molecule has 0 atom stereocenters. The van der Waals surface area contributed by atoms with Crippen molar-refractivity contribution in [2.45, 2.75) is 26.1 Å². The summed E-state index contributed by atoms with van der Waals surface area (Å²) in [6, 6.07) is 4.61. The lowest BCUT2D eigenvalue weighted by molar-refractivity contribution is -0.121. The molecule has 0 saturated carbocycles. The molecule has 1 amide bonds. The molecule has 1 heterocycles. The average Bonchev–Trinajstić information content (AvgIpc) is 2.32. The van der Waals surface area contributed by atoms with E-state index in [1.54, 1.807) is 12.1 Å². The Labute approximate surface area is 121 Å². The zero-order chi connectivity index (χ0) is 13.3. The highest BCUT2D eigenvalue weighted by Crippen LogP contribution is 2.26. The van der Waals surface area contributed by atoms with Gasteiger partial charge in [-0.15, -0.1) is 0 Å². The molecule has 3 nitrogen and oxygen atoms in total. The Hall–Kier alpha value is -0.840. The minimum Gasteiger partial charge on any atom is -0.362 e. The molecule has 1 fully saturated rings. The Balaban J connectivity index is 0.00000180. The zero-order valence-corrected chi connectivity index (χ0v) is 11.0. The van der Waals surface area contributed by atoms with Crippen LogP contribution in [0.3, 0.4) is 0 Å². The van der Waals surface area contributed by atoms with Gasteiger partial charge in [0.05, 0.1) is 10.0 Å². The van der Waals surface area contributed by atoms with Crippen LogP contribution in [0.4, 0.5) is 4.39 Å². The second-order valence-electron chi connectivity index (χ2n) is 4.34. The van der Waals surface area contributed by atoms with Gasteiger partial charge in [0, 0.05) is 31.5 Å². The summed E-state index contributed by atoms with van der Waals surface area (Å²) in [6.07, 6.45) is -0.139. The molecule has 19 heavy (non-hydrogen) atoms. The maximum atomic E-state index is 13.2. The first kappa shape index (κ1) is 16.2. The van der Waals surface area contributed by atoms with E-state index in [1.807, 2.05) is 0 Å². The van der Waals surface area contributed by atoms with E-state index in [0.717, 1.165) is 0 Å².